The number of hydrogen-bond acceptors (Lipinski definition) is 1. The molecule has 11 rings (SSSR count). The number of hydrogen-bond donors (Lipinski definition) is 1. The maximum Gasteiger partial charge on any atom is 0.0588 e. The van der Waals surface area contributed by atoms with E-state index in [1.807, 2.05) is 0 Å². The van der Waals surface area contributed by atoms with Crippen LogP contribution in [0.3, 0.4) is 0 Å². The third kappa shape index (κ3) is 5.76. The molecule has 8 aromatic rings. The number of nitrogens with one attached hydrogen (secondary N) is 1. The highest BCUT2D eigenvalue weighted by atomic mass is 15.0. The molecule has 1 N–H and O–H groups in total. The summed E-state index contributed by atoms with van der Waals surface area (Å²) in [7, 11) is 0. The van der Waals surface area contributed by atoms with E-state index >= 15 is 0 Å². The summed E-state index contributed by atoms with van der Waals surface area (Å²) in [6.07, 6.45) is 14.7. The van der Waals surface area contributed by atoms with Crippen molar-refractivity contribution in [2.45, 2.75) is 45.4 Å². The van der Waals surface area contributed by atoms with Crippen molar-refractivity contribution < 1.29 is 0 Å². The van der Waals surface area contributed by atoms with E-state index in [0.29, 0.717) is 11.8 Å². The van der Waals surface area contributed by atoms with Crippen LogP contribution in [0.5, 0.6) is 0 Å². The van der Waals surface area contributed by atoms with Gasteiger partial charge in [-0.2, -0.15) is 0 Å². The molecular weight excluding hydrogens is 713 g/mol. The zero-order valence-electron chi connectivity index (χ0n) is 34.2. The first-order valence-electron chi connectivity index (χ1n) is 21.3. The summed E-state index contributed by atoms with van der Waals surface area (Å²) in [5, 5.41) is 8.94. The van der Waals surface area contributed by atoms with Crippen LogP contribution in [0.4, 0.5) is 5.69 Å². The standard InChI is InChI=1S/C57H48N2/c1-36-14-9-18-39(32-36)41-20-12-22-44(34-41)59-53-31-28-42(35-49(53)48-30-29-47-46-24-7-8-25-50(46)57(3,4)55(47)56(48)59)40-19-11-21-43(33-40)54-37(2)15-10-27-52(54)58-51-26-13-17-38-16-5-6-23-45(38)51/h5-31,33-37,54,58H,32H2,1-4H3. The number of allylic oxidation sites excluding steroid dienone is 8. The van der Waals surface area contributed by atoms with Crippen molar-refractivity contribution in [2.24, 2.45) is 11.8 Å². The second-order valence-corrected chi connectivity index (χ2v) is 17.6. The smallest absolute Gasteiger partial charge is 0.0588 e. The van der Waals surface area contributed by atoms with Crippen LogP contribution in [0.2, 0.25) is 0 Å². The van der Waals surface area contributed by atoms with Gasteiger partial charge in [0.2, 0.25) is 0 Å². The normalized spacial score (nSPS) is 19.2. The number of fused-ring (bicyclic) bond motifs is 8. The molecule has 3 unspecified atom stereocenters. The lowest BCUT2D eigenvalue weighted by Gasteiger charge is -2.29. The van der Waals surface area contributed by atoms with Gasteiger partial charge in [0.1, 0.15) is 0 Å². The molecule has 0 amide bonds. The Kier molecular flexibility index (Phi) is 8.27. The quantitative estimate of drug-likeness (QED) is 0.179. The number of anilines is 1. The zero-order valence-corrected chi connectivity index (χ0v) is 34.2. The Morgan fingerprint density at radius 1 is 0.610 bits per heavy atom. The Hall–Kier alpha value is -6.64. The van der Waals surface area contributed by atoms with Crippen molar-refractivity contribution >= 4 is 43.8 Å². The predicted molar refractivity (Wildman–Crippen MR) is 251 cm³/mol. The molecular formula is C57H48N2. The van der Waals surface area contributed by atoms with Gasteiger partial charge in [0, 0.05) is 44.6 Å². The van der Waals surface area contributed by atoms with Crippen LogP contribution in [0.1, 0.15) is 62.3 Å². The summed E-state index contributed by atoms with van der Waals surface area (Å²) < 4.78 is 2.57. The van der Waals surface area contributed by atoms with Crippen molar-refractivity contribution in [2.75, 3.05) is 5.32 Å². The SMILES string of the molecule is CC1C=CC=C(c2cccc(-n3c4ccc(-c5cccc(C6C(Nc7cccc8ccccc78)=CC=CC6C)c5)cc4c4ccc5c(c43)C(C)(C)c3ccccc3-5)c2)C1. The average Bonchev–Trinajstić information content (AvgIpc) is 3.72. The zero-order chi connectivity index (χ0) is 39.8. The van der Waals surface area contributed by atoms with Crippen LogP contribution in [-0.2, 0) is 5.41 Å². The molecule has 3 aliphatic carbocycles. The van der Waals surface area contributed by atoms with E-state index in [1.54, 1.807) is 0 Å². The van der Waals surface area contributed by atoms with Gasteiger partial charge in [0.05, 0.1) is 11.0 Å². The van der Waals surface area contributed by atoms with Gasteiger partial charge >= 0.3 is 0 Å². The van der Waals surface area contributed by atoms with Crippen molar-refractivity contribution in [1.29, 1.82) is 0 Å². The van der Waals surface area contributed by atoms with Gasteiger partial charge in [-0.25, -0.2) is 0 Å². The number of benzene rings is 7. The summed E-state index contributed by atoms with van der Waals surface area (Å²) in [6.45, 7) is 9.46. The minimum Gasteiger partial charge on any atom is -0.358 e. The lowest BCUT2D eigenvalue weighted by molar-refractivity contribution is 0.609. The Balaban J connectivity index is 1.06. The van der Waals surface area contributed by atoms with Gasteiger partial charge in [0.15, 0.2) is 0 Å². The average molecular weight is 761 g/mol. The van der Waals surface area contributed by atoms with Crippen LogP contribution < -0.4 is 5.32 Å². The monoisotopic (exact) mass is 760 g/mol. The molecule has 0 aliphatic heterocycles. The fourth-order valence-corrected chi connectivity index (χ4v) is 10.6. The predicted octanol–water partition coefficient (Wildman–Crippen LogP) is 15.2. The molecule has 0 spiro atoms. The number of aromatic nitrogens is 1. The Labute approximate surface area is 347 Å². The highest BCUT2D eigenvalue weighted by molar-refractivity contribution is 6.14. The van der Waals surface area contributed by atoms with Crippen LogP contribution in [-0.4, -0.2) is 4.57 Å². The Morgan fingerprint density at radius 2 is 1.39 bits per heavy atom. The highest BCUT2D eigenvalue weighted by Crippen LogP contribution is 2.53. The molecule has 0 saturated heterocycles. The maximum absolute atomic E-state index is 3.89. The molecule has 0 bridgehead atoms. The second kappa shape index (κ2) is 13.7. The van der Waals surface area contributed by atoms with Crippen LogP contribution >= 0.6 is 0 Å². The molecule has 0 radical (unpaired) electrons. The summed E-state index contributed by atoms with van der Waals surface area (Å²) in [5.74, 6) is 1.07. The van der Waals surface area contributed by atoms with Crippen molar-refractivity contribution in [3.8, 4) is 27.9 Å². The molecule has 1 aromatic heterocycles. The lowest BCUT2D eigenvalue weighted by atomic mass is 9.80. The van der Waals surface area contributed by atoms with Gasteiger partial charge in [-0.3, -0.25) is 0 Å². The first kappa shape index (κ1) is 35.5. The molecule has 286 valence electrons. The van der Waals surface area contributed by atoms with Gasteiger partial charge in [-0.1, -0.05) is 173 Å². The summed E-state index contributed by atoms with van der Waals surface area (Å²) >= 11 is 0. The molecule has 0 fully saturated rings. The fraction of sp³-hybridized carbons (Fsp3) is 0.158. The van der Waals surface area contributed by atoms with Crippen LogP contribution in [0, 0.1) is 11.8 Å². The first-order valence-corrected chi connectivity index (χ1v) is 21.3. The molecule has 59 heavy (non-hydrogen) atoms. The maximum atomic E-state index is 3.89. The van der Waals surface area contributed by atoms with E-state index < -0.39 is 0 Å². The molecule has 1 heterocycles. The van der Waals surface area contributed by atoms with E-state index in [2.05, 4.69) is 220 Å². The minimum atomic E-state index is -0.158. The second-order valence-electron chi connectivity index (χ2n) is 17.6. The molecule has 2 heteroatoms. The Bertz CT molecular complexity index is 3120. The lowest BCUT2D eigenvalue weighted by Crippen LogP contribution is -2.18. The van der Waals surface area contributed by atoms with Crippen molar-refractivity contribution in [3.63, 3.8) is 0 Å². The summed E-state index contributed by atoms with van der Waals surface area (Å²) in [5.41, 5.74) is 17.9. The van der Waals surface area contributed by atoms with Crippen LogP contribution in [0.15, 0.2) is 188 Å². The molecule has 3 aliphatic rings. The van der Waals surface area contributed by atoms with Gasteiger partial charge in [-0.05, 0) is 110 Å². The number of rotatable bonds is 6. The summed E-state index contributed by atoms with van der Waals surface area (Å²) in [6, 6.07) is 54.6. The molecule has 3 atom stereocenters. The van der Waals surface area contributed by atoms with Crippen LogP contribution in [0.25, 0.3) is 66.1 Å². The van der Waals surface area contributed by atoms with E-state index in [1.165, 1.54) is 94.0 Å². The van der Waals surface area contributed by atoms with E-state index in [4.69, 9.17) is 0 Å². The minimum absolute atomic E-state index is 0.158. The van der Waals surface area contributed by atoms with Gasteiger partial charge in [-0.15, -0.1) is 0 Å². The summed E-state index contributed by atoms with van der Waals surface area (Å²) in [4.78, 5) is 0. The third-order valence-corrected chi connectivity index (χ3v) is 13.4. The van der Waals surface area contributed by atoms with Crippen molar-refractivity contribution in [3.05, 3.63) is 210 Å². The first-order chi connectivity index (χ1) is 28.8. The number of nitrogens with zero attached hydrogens (tertiary/aromatic N) is 1. The van der Waals surface area contributed by atoms with Gasteiger partial charge in [0.25, 0.3) is 0 Å². The molecule has 0 saturated carbocycles. The van der Waals surface area contributed by atoms with E-state index in [-0.39, 0.29) is 11.3 Å². The topological polar surface area (TPSA) is 17.0 Å². The molecule has 7 aromatic carbocycles. The highest BCUT2D eigenvalue weighted by Gasteiger charge is 2.38. The largest absolute Gasteiger partial charge is 0.358 e. The Morgan fingerprint density at radius 3 is 2.31 bits per heavy atom. The fourth-order valence-electron chi connectivity index (χ4n) is 10.6. The third-order valence-electron chi connectivity index (χ3n) is 13.4. The van der Waals surface area contributed by atoms with Crippen molar-refractivity contribution in [1.82, 2.24) is 4.57 Å². The molecule has 2 nitrogen and oxygen atoms in total. The van der Waals surface area contributed by atoms with E-state index in [9.17, 15) is 0 Å². The van der Waals surface area contributed by atoms with E-state index in [0.717, 1.165) is 12.1 Å². The van der Waals surface area contributed by atoms with Gasteiger partial charge < -0.3 is 9.88 Å².